The van der Waals surface area contributed by atoms with E-state index in [0.717, 1.165) is 28.2 Å². The Hall–Kier alpha value is -3.64. The third-order valence-electron chi connectivity index (χ3n) is 4.35. The predicted molar refractivity (Wildman–Crippen MR) is 105 cm³/mol. The van der Waals surface area contributed by atoms with Crippen LogP contribution in [0.1, 0.15) is 17.5 Å². The van der Waals surface area contributed by atoms with Crippen LogP contribution in [0.5, 0.6) is 0 Å². The van der Waals surface area contributed by atoms with Crippen LogP contribution in [0, 0.1) is 11.3 Å². The van der Waals surface area contributed by atoms with E-state index in [1.165, 1.54) is 0 Å². The Bertz CT molecular complexity index is 998. The number of para-hydroxylation sites is 1. The monoisotopic (exact) mass is 335 g/mol. The molecule has 4 rings (SSSR count). The van der Waals surface area contributed by atoms with Crippen LogP contribution in [0.4, 0.5) is 5.69 Å². The third kappa shape index (κ3) is 3.01. The first-order valence-corrected chi connectivity index (χ1v) is 8.53. The second kappa shape index (κ2) is 7.08. The fourth-order valence-corrected chi connectivity index (χ4v) is 3.12. The number of hydrazone groups is 1. The summed E-state index contributed by atoms with van der Waals surface area (Å²) in [7, 11) is 0. The molecule has 0 saturated heterocycles. The van der Waals surface area contributed by atoms with Crippen molar-refractivity contribution < 1.29 is 0 Å². The minimum absolute atomic E-state index is 0.522. The maximum absolute atomic E-state index is 9.86. The van der Waals surface area contributed by atoms with Crippen molar-refractivity contribution in [1.82, 2.24) is 0 Å². The number of hydrogen-bond acceptors (Lipinski definition) is 3. The van der Waals surface area contributed by atoms with E-state index in [2.05, 4.69) is 6.07 Å². The highest BCUT2D eigenvalue weighted by molar-refractivity contribution is 6.07. The summed E-state index contributed by atoms with van der Waals surface area (Å²) in [5, 5.41) is 16.7. The maximum atomic E-state index is 9.86. The molecular weight excluding hydrogens is 318 g/mol. The van der Waals surface area contributed by atoms with E-state index >= 15 is 0 Å². The summed E-state index contributed by atoms with van der Waals surface area (Å²) in [6.45, 7) is 0. The van der Waals surface area contributed by atoms with Gasteiger partial charge in [0.05, 0.1) is 28.7 Å². The zero-order chi connectivity index (χ0) is 17.8. The van der Waals surface area contributed by atoms with Crippen LogP contribution in [0.15, 0.2) is 102 Å². The van der Waals surface area contributed by atoms with Gasteiger partial charge in [0.15, 0.2) is 0 Å². The third-order valence-corrected chi connectivity index (χ3v) is 4.35. The van der Waals surface area contributed by atoms with Gasteiger partial charge in [-0.05, 0) is 17.7 Å². The SMILES string of the molecule is N#CC1=C(c2ccccc2)N(c2ccccc2)N=C(c2ccccc2)C1. The number of nitrogens with zero attached hydrogens (tertiary/aromatic N) is 3. The smallest absolute Gasteiger partial charge is 0.0974 e. The number of nitriles is 1. The van der Waals surface area contributed by atoms with E-state index in [4.69, 9.17) is 5.10 Å². The second-order valence-electron chi connectivity index (χ2n) is 6.04. The first-order chi connectivity index (χ1) is 12.9. The number of rotatable bonds is 3. The Labute approximate surface area is 153 Å². The van der Waals surface area contributed by atoms with Crippen molar-refractivity contribution in [2.45, 2.75) is 6.42 Å². The van der Waals surface area contributed by atoms with Crippen LogP contribution < -0.4 is 5.01 Å². The van der Waals surface area contributed by atoms with Gasteiger partial charge in [-0.25, -0.2) is 5.01 Å². The minimum Gasteiger partial charge on any atom is -0.232 e. The molecule has 1 aliphatic heterocycles. The molecule has 0 atom stereocenters. The first kappa shape index (κ1) is 15.9. The molecule has 0 N–H and O–H groups in total. The lowest BCUT2D eigenvalue weighted by molar-refractivity contribution is 1.03. The molecule has 3 aromatic carbocycles. The van der Waals surface area contributed by atoms with Gasteiger partial charge in [-0.15, -0.1) is 0 Å². The molecule has 0 saturated carbocycles. The van der Waals surface area contributed by atoms with E-state index in [9.17, 15) is 5.26 Å². The lowest BCUT2D eigenvalue weighted by Gasteiger charge is -2.29. The molecule has 0 aliphatic carbocycles. The summed E-state index contributed by atoms with van der Waals surface area (Å²) in [5.41, 5.74) is 5.42. The van der Waals surface area contributed by atoms with E-state index in [0.29, 0.717) is 12.0 Å². The highest BCUT2D eigenvalue weighted by Gasteiger charge is 2.25. The molecule has 0 fully saturated rings. The molecule has 3 nitrogen and oxygen atoms in total. The molecule has 0 unspecified atom stereocenters. The van der Waals surface area contributed by atoms with Crippen molar-refractivity contribution in [3.63, 3.8) is 0 Å². The van der Waals surface area contributed by atoms with E-state index < -0.39 is 0 Å². The normalized spacial score (nSPS) is 14.0. The van der Waals surface area contributed by atoms with Gasteiger partial charge in [-0.1, -0.05) is 78.9 Å². The number of hydrogen-bond donors (Lipinski definition) is 0. The molecular formula is C23H17N3. The second-order valence-corrected chi connectivity index (χ2v) is 6.04. The summed E-state index contributed by atoms with van der Waals surface area (Å²) < 4.78 is 0. The molecule has 1 aliphatic rings. The Morgan fingerprint density at radius 2 is 1.27 bits per heavy atom. The summed E-state index contributed by atoms with van der Waals surface area (Å²) in [6, 6.07) is 32.4. The zero-order valence-electron chi connectivity index (χ0n) is 14.2. The Balaban J connectivity index is 1.89. The molecule has 26 heavy (non-hydrogen) atoms. The van der Waals surface area contributed by atoms with Gasteiger partial charge in [0.1, 0.15) is 0 Å². The average molecular weight is 335 g/mol. The van der Waals surface area contributed by atoms with E-state index in [1.54, 1.807) is 0 Å². The van der Waals surface area contributed by atoms with Gasteiger partial charge in [0.2, 0.25) is 0 Å². The molecule has 1 heterocycles. The van der Waals surface area contributed by atoms with Gasteiger partial charge < -0.3 is 0 Å². The van der Waals surface area contributed by atoms with Crippen LogP contribution in [-0.2, 0) is 0 Å². The molecule has 124 valence electrons. The quantitative estimate of drug-likeness (QED) is 0.657. The Kier molecular flexibility index (Phi) is 4.32. The fourth-order valence-electron chi connectivity index (χ4n) is 3.12. The van der Waals surface area contributed by atoms with Crippen molar-refractivity contribution in [3.8, 4) is 6.07 Å². The van der Waals surface area contributed by atoms with Crippen molar-refractivity contribution in [1.29, 1.82) is 5.26 Å². The zero-order valence-corrected chi connectivity index (χ0v) is 14.2. The minimum atomic E-state index is 0.522. The molecule has 0 bridgehead atoms. The maximum Gasteiger partial charge on any atom is 0.0974 e. The molecule has 3 heteroatoms. The Morgan fingerprint density at radius 1 is 0.731 bits per heavy atom. The topological polar surface area (TPSA) is 39.4 Å². The Morgan fingerprint density at radius 3 is 1.85 bits per heavy atom. The summed E-state index contributed by atoms with van der Waals surface area (Å²) in [6.07, 6.45) is 0.522. The first-order valence-electron chi connectivity index (χ1n) is 8.53. The molecule has 0 radical (unpaired) electrons. The van der Waals surface area contributed by atoms with E-state index in [1.807, 2.05) is 96.0 Å². The van der Waals surface area contributed by atoms with Crippen LogP contribution >= 0.6 is 0 Å². The molecule has 3 aromatic rings. The van der Waals surface area contributed by atoms with Crippen LogP contribution in [0.3, 0.4) is 0 Å². The van der Waals surface area contributed by atoms with Crippen LogP contribution in [0.25, 0.3) is 5.70 Å². The van der Waals surface area contributed by atoms with Crippen molar-refractivity contribution in [3.05, 3.63) is 108 Å². The lowest BCUT2D eigenvalue weighted by Crippen LogP contribution is -2.24. The number of benzene rings is 3. The largest absolute Gasteiger partial charge is 0.232 e. The van der Waals surface area contributed by atoms with E-state index in [-0.39, 0.29) is 0 Å². The summed E-state index contributed by atoms with van der Waals surface area (Å²) in [5.74, 6) is 0. The van der Waals surface area contributed by atoms with Gasteiger partial charge in [0.25, 0.3) is 0 Å². The van der Waals surface area contributed by atoms with Gasteiger partial charge in [0, 0.05) is 12.0 Å². The lowest BCUT2D eigenvalue weighted by atomic mass is 9.96. The van der Waals surface area contributed by atoms with Gasteiger partial charge in [-0.3, -0.25) is 0 Å². The molecule has 0 aromatic heterocycles. The highest BCUT2D eigenvalue weighted by Crippen LogP contribution is 2.34. The summed E-state index contributed by atoms with van der Waals surface area (Å²) >= 11 is 0. The highest BCUT2D eigenvalue weighted by atomic mass is 15.5. The number of allylic oxidation sites excluding steroid dienone is 1. The molecule has 0 spiro atoms. The van der Waals surface area contributed by atoms with Crippen LogP contribution in [-0.4, -0.2) is 5.71 Å². The average Bonchev–Trinajstić information content (AvgIpc) is 2.74. The van der Waals surface area contributed by atoms with Crippen LogP contribution in [0.2, 0.25) is 0 Å². The van der Waals surface area contributed by atoms with Crippen molar-refractivity contribution >= 4 is 17.1 Å². The van der Waals surface area contributed by atoms with Gasteiger partial charge in [-0.2, -0.15) is 10.4 Å². The standard InChI is InChI=1S/C23H17N3/c24-17-20-16-22(18-10-4-1-5-11-18)25-26(21-14-8-3-9-15-21)23(20)19-12-6-2-7-13-19/h1-15H,16H2. The van der Waals surface area contributed by atoms with Gasteiger partial charge >= 0.3 is 0 Å². The molecule has 0 amide bonds. The number of anilines is 1. The fraction of sp³-hybridized carbons (Fsp3) is 0.0435. The summed E-state index contributed by atoms with van der Waals surface area (Å²) in [4.78, 5) is 0. The predicted octanol–water partition coefficient (Wildman–Crippen LogP) is 5.24. The van der Waals surface area contributed by atoms with Crippen molar-refractivity contribution in [2.75, 3.05) is 5.01 Å². The van der Waals surface area contributed by atoms with Crippen molar-refractivity contribution in [2.24, 2.45) is 5.10 Å².